The fourth-order valence-corrected chi connectivity index (χ4v) is 2.02. The van der Waals surface area contributed by atoms with Gasteiger partial charge in [-0.15, -0.1) is 0 Å². The number of hydrogen-bond acceptors (Lipinski definition) is 3. The van der Waals surface area contributed by atoms with E-state index < -0.39 is 5.82 Å². The molecule has 2 aromatic carbocycles. The molecule has 0 saturated heterocycles. The van der Waals surface area contributed by atoms with Crippen molar-refractivity contribution in [2.75, 3.05) is 25.1 Å². The lowest BCUT2D eigenvalue weighted by Gasteiger charge is -2.14. The molecule has 0 fully saturated rings. The Morgan fingerprint density at radius 2 is 1.86 bits per heavy atom. The first-order chi connectivity index (χ1) is 9.88. The molecule has 6 heteroatoms. The summed E-state index contributed by atoms with van der Waals surface area (Å²) in [6.45, 7) is 0. The van der Waals surface area contributed by atoms with Crippen LogP contribution < -0.4 is 11.1 Å². The highest BCUT2D eigenvalue weighted by Gasteiger charge is 2.11. The minimum absolute atomic E-state index is 0.131. The Morgan fingerprint density at radius 3 is 2.43 bits per heavy atom. The molecular weight excluding hydrogens is 293 g/mol. The third-order valence-electron chi connectivity index (χ3n) is 2.91. The number of nitrogens with two attached hydrogens (primary N) is 1. The monoisotopic (exact) mass is 307 g/mol. The second-order valence-corrected chi connectivity index (χ2v) is 5.16. The SMILES string of the molecule is CN(C)C(=O)c1ccc(Nc2ccc(F)cc2Cl)c(N)c1. The van der Waals surface area contributed by atoms with E-state index in [4.69, 9.17) is 17.3 Å². The molecule has 0 radical (unpaired) electrons. The third-order valence-corrected chi connectivity index (χ3v) is 3.22. The maximum Gasteiger partial charge on any atom is 0.253 e. The molecule has 2 rings (SSSR count). The molecule has 1 amide bonds. The largest absolute Gasteiger partial charge is 0.397 e. The van der Waals surface area contributed by atoms with Gasteiger partial charge < -0.3 is 16.0 Å². The second-order valence-electron chi connectivity index (χ2n) is 4.75. The molecule has 0 aliphatic heterocycles. The minimum Gasteiger partial charge on any atom is -0.397 e. The normalized spacial score (nSPS) is 10.3. The van der Waals surface area contributed by atoms with Gasteiger partial charge in [0.2, 0.25) is 0 Å². The molecular formula is C15H15ClFN3O. The van der Waals surface area contributed by atoms with E-state index in [1.54, 1.807) is 32.3 Å². The first kappa shape index (κ1) is 15.1. The predicted molar refractivity (Wildman–Crippen MR) is 83.6 cm³/mol. The van der Waals surface area contributed by atoms with Crippen LogP contribution in [0.3, 0.4) is 0 Å². The average molecular weight is 308 g/mol. The van der Waals surface area contributed by atoms with E-state index in [0.717, 1.165) is 0 Å². The highest BCUT2D eigenvalue weighted by molar-refractivity contribution is 6.33. The van der Waals surface area contributed by atoms with Crippen molar-refractivity contribution in [3.63, 3.8) is 0 Å². The van der Waals surface area contributed by atoms with Crippen molar-refractivity contribution in [3.05, 3.63) is 52.8 Å². The number of halogens is 2. The van der Waals surface area contributed by atoms with Crippen molar-refractivity contribution in [2.45, 2.75) is 0 Å². The van der Waals surface area contributed by atoms with Gasteiger partial charge in [-0.3, -0.25) is 4.79 Å². The van der Waals surface area contributed by atoms with Gasteiger partial charge in [-0.2, -0.15) is 0 Å². The lowest BCUT2D eigenvalue weighted by Crippen LogP contribution is -2.21. The van der Waals surface area contributed by atoms with Crippen LogP contribution in [0.1, 0.15) is 10.4 Å². The molecule has 0 heterocycles. The van der Waals surface area contributed by atoms with E-state index in [1.165, 1.54) is 23.1 Å². The number of carbonyl (C=O) groups excluding carboxylic acids is 1. The van der Waals surface area contributed by atoms with Gasteiger partial charge in [0.15, 0.2) is 0 Å². The first-order valence-electron chi connectivity index (χ1n) is 6.21. The Hall–Kier alpha value is -2.27. The van der Waals surface area contributed by atoms with E-state index in [-0.39, 0.29) is 10.9 Å². The van der Waals surface area contributed by atoms with Crippen LogP contribution in [0.4, 0.5) is 21.5 Å². The van der Waals surface area contributed by atoms with E-state index in [0.29, 0.717) is 22.6 Å². The number of hydrogen-bond donors (Lipinski definition) is 2. The molecule has 0 saturated carbocycles. The highest BCUT2D eigenvalue weighted by atomic mass is 35.5. The summed E-state index contributed by atoms with van der Waals surface area (Å²) < 4.78 is 13.0. The molecule has 21 heavy (non-hydrogen) atoms. The molecule has 0 aliphatic rings. The van der Waals surface area contributed by atoms with Crippen LogP contribution in [-0.4, -0.2) is 24.9 Å². The van der Waals surface area contributed by atoms with E-state index in [1.807, 2.05) is 0 Å². The molecule has 3 N–H and O–H groups in total. The van der Waals surface area contributed by atoms with Gasteiger partial charge in [-0.1, -0.05) is 11.6 Å². The topological polar surface area (TPSA) is 58.4 Å². The van der Waals surface area contributed by atoms with Crippen LogP contribution in [0.15, 0.2) is 36.4 Å². The average Bonchev–Trinajstić information content (AvgIpc) is 2.42. The van der Waals surface area contributed by atoms with Crippen LogP contribution in [0.25, 0.3) is 0 Å². The number of amides is 1. The van der Waals surface area contributed by atoms with Gasteiger partial charge in [0.1, 0.15) is 5.82 Å². The Kier molecular flexibility index (Phi) is 4.33. The van der Waals surface area contributed by atoms with E-state index in [9.17, 15) is 9.18 Å². The van der Waals surface area contributed by atoms with Crippen molar-refractivity contribution in [1.82, 2.24) is 4.90 Å². The van der Waals surface area contributed by atoms with Gasteiger partial charge in [-0.05, 0) is 36.4 Å². The molecule has 0 atom stereocenters. The fourth-order valence-electron chi connectivity index (χ4n) is 1.80. The summed E-state index contributed by atoms with van der Waals surface area (Å²) in [5, 5.41) is 3.27. The van der Waals surface area contributed by atoms with Gasteiger partial charge in [0, 0.05) is 19.7 Å². The summed E-state index contributed by atoms with van der Waals surface area (Å²) in [6, 6.07) is 8.97. The van der Waals surface area contributed by atoms with Crippen LogP contribution in [-0.2, 0) is 0 Å². The van der Waals surface area contributed by atoms with Crippen molar-refractivity contribution < 1.29 is 9.18 Å². The zero-order valence-corrected chi connectivity index (χ0v) is 12.4. The Labute approximate surface area is 127 Å². The van der Waals surface area contributed by atoms with Crippen molar-refractivity contribution >= 4 is 34.6 Å². The molecule has 0 aliphatic carbocycles. The molecule has 0 aromatic heterocycles. The molecule has 110 valence electrons. The Bertz CT molecular complexity index is 689. The summed E-state index contributed by atoms with van der Waals surface area (Å²) in [7, 11) is 3.34. The minimum atomic E-state index is -0.412. The zero-order chi connectivity index (χ0) is 15.6. The summed E-state index contributed by atoms with van der Waals surface area (Å²) in [6.07, 6.45) is 0. The van der Waals surface area contributed by atoms with Crippen molar-refractivity contribution in [3.8, 4) is 0 Å². The van der Waals surface area contributed by atoms with Gasteiger partial charge >= 0.3 is 0 Å². The number of anilines is 3. The lowest BCUT2D eigenvalue weighted by molar-refractivity contribution is 0.0827. The van der Waals surface area contributed by atoms with Gasteiger partial charge in [-0.25, -0.2) is 4.39 Å². The fraction of sp³-hybridized carbons (Fsp3) is 0.133. The predicted octanol–water partition coefficient (Wildman–Crippen LogP) is 3.51. The number of rotatable bonds is 3. The third kappa shape index (κ3) is 3.44. The maximum atomic E-state index is 13.0. The Morgan fingerprint density at radius 1 is 1.19 bits per heavy atom. The van der Waals surface area contributed by atoms with Crippen molar-refractivity contribution in [2.24, 2.45) is 0 Å². The van der Waals surface area contributed by atoms with Crippen LogP contribution in [0, 0.1) is 5.82 Å². The molecule has 0 unspecified atom stereocenters. The Balaban J connectivity index is 2.27. The molecule has 4 nitrogen and oxygen atoms in total. The van der Waals surface area contributed by atoms with Gasteiger partial charge in [0.05, 0.1) is 22.1 Å². The number of carbonyl (C=O) groups is 1. The molecule has 0 spiro atoms. The number of nitrogen functional groups attached to an aromatic ring is 1. The van der Waals surface area contributed by atoms with E-state index in [2.05, 4.69) is 5.32 Å². The smallest absolute Gasteiger partial charge is 0.253 e. The number of benzene rings is 2. The number of nitrogens with zero attached hydrogens (tertiary/aromatic N) is 1. The summed E-state index contributed by atoms with van der Waals surface area (Å²) in [5.41, 5.74) is 7.97. The summed E-state index contributed by atoms with van der Waals surface area (Å²) >= 11 is 5.95. The highest BCUT2D eigenvalue weighted by Crippen LogP contribution is 2.29. The molecule has 2 aromatic rings. The van der Waals surface area contributed by atoms with Crippen LogP contribution >= 0.6 is 11.6 Å². The van der Waals surface area contributed by atoms with Gasteiger partial charge in [0.25, 0.3) is 5.91 Å². The summed E-state index contributed by atoms with van der Waals surface area (Å²) in [5.74, 6) is -0.543. The van der Waals surface area contributed by atoms with Crippen molar-refractivity contribution in [1.29, 1.82) is 0 Å². The standard InChI is InChI=1S/C15H15ClFN3O/c1-20(2)15(21)9-3-5-14(12(18)7-9)19-13-6-4-10(17)8-11(13)16/h3-8,19H,18H2,1-2H3. The second kappa shape index (κ2) is 6.01. The van der Waals surface area contributed by atoms with E-state index >= 15 is 0 Å². The van der Waals surface area contributed by atoms with Crippen LogP contribution in [0.2, 0.25) is 5.02 Å². The lowest BCUT2D eigenvalue weighted by atomic mass is 10.1. The zero-order valence-electron chi connectivity index (χ0n) is 11.7. The molecule has 0 bridgehead atoms. The van der Waals surface area contributed by atoms with Crippen LogP contribution in [0.5, 0.6) is 0 Å². The first-order valence-corrected chi connectivity index (χ1v) is 6.59. The summed E-state index contributed by atoms with van der Waals surface area (Å²) in [4.78, 5) is 13.3. The number of nitrogens with one attached hydrogen (secondary N) is 1. The maximum absolute atomic E-state index is 13.0. The quantitative estimate of drug-likeness (QED) is 0.853.